The Morgan fingerprint density at radius 3 is 2.89 bits per heavy atom. The van der Waals surface area contributed by atoms with Crippen molar-refractivity contribution >= 4 is 33.2 Å². The van der Waals surface area contributed by atoms with Crippen LogP contribution in [-0.4, -0.2) is 10.9 Å². The minimum Gasteiger partial charge on any atom is -0.345 e. The summed E-state index contributed by atoms with van der Waals surface area (Å²) in [4.78, 5) is 17.6. The summed E-state index contributed by atoms with van der Waals surface area (Å²) in [5.41, 5.74) is 1.77. The molecule has 0 bridgehead atoms. The number of aromatic nitrogens is 1. The Balaban J connectivity index is 2.01. The number of rotatable bonds is 4. The summed E-state index contributed by atoms with van der Waals surface area (Å²) >= 11 is 5.05. The van der Waals surface area contributed by atoms with E-state index in [1.165, 1.54) is 4.88 Å². The Kier molecular flexibility index (Phi) is 4.71. The van der Waals surface area contributed by atoms with E-state index in [1.807, 2.05) is 31.3 Å². The molecule has 1 heterocycles. The van der Waals surface area contributed by atoms with Gasteiger partial charge in [0.15, 0.2) is 0 Å². The monoisotopic (exact) mass is 338 g/mol. The summed E-state index contributed by atoms with van der Waals surface area (Å²) < 4.78 is 0.818. The summed E-state index contributed by atoms with van der Waals surface area (Å²) in [5.74, 6) is -0.0832. The summed E-state index contributed by atoms with van der Waals surface area (Å²) in [6.45, 7) is 4.57. The molecule has 0 aliphatic rings. The first-order valence-electron chi connectivity index (χ1n) is 6.08. The highest BCUT2D eigenvalue weighted by molar-refractivity contribution is 9.10. The normalized spacial score (nSPS) is 10.5. The number of thiazole rings is 1. The van der Waals surface area contributed by atoms with Gasteiger partial charge in [0.2, 0.25) is 0 Å². The maximum absolute atomic E-state index is 12.1. The Bertz CT molecular complexity index is 595. The molecule has 2 aromatic rings. The molecule has 3 nitrogen and oxygen atoms in total. The van der Waals surface area contributed by atoms with E-state index >= 15 is 0 Å². The molecule has 0 aliphatic carbocycles. The van der Waals surface area contributed by atoms with Gasteiger partial charge in [-0.05, 0) is 47.0 Å². The lowest BCUT2D eigenvalue weighted by molar-refractivity contribution is 0.0950. The van der Waals surface area contributed by atoms with E-state index in [4.69, 9.17) is 0 Å². The van der Waals surface area contributed by atoms with Crippen molar-refractivity contribution in [2.45, 2.75) is 26.8 Å². The summed E-state index contributed by atoms with van der Waals surface area (Å²) in [7, 11) is 0. The smallest absolute Gasteiger partial charge is 0.252 e. The van der Waals surface area contributed by atoms with Gasteiger partial charge in [-0.25, -0.2) is 4.98 Å². The number of hydrogen-bond donors (Lipinski definition) is 1. The largest absolute Gasteiger partial charge is 0.345 e. The second kappa shape index (κ2) is 6.30. The lowest BCUT2D eigenvalue weighted by atomic mass is 10.1. The summed E-state index contributed by atoms with van der Waals surface area (Å²) in [5, 5.41) is 3.83. The Morgan fingerprint density at radius 2 is 2.26 bits per heavy atom. The number of aryl methyl sites for hydroxylation is 2. The van der Waals surface area contributed by atoms with Gasteiger partial charge in [-0.1, -0.05) is 13.0 Å². The molecule has 0 saturated heterocycles. The Morgan fingerprint density at radius 1 is 1.47 bits per heavy atom. The van der Waals surface area contributed by atoms with Crippen molar-refractivity contribution < 1.29 is 4.79 Å². The van der Waals surface area contributed by atoms with Gasteiger partial charge in [-0.2, -0.15) is 0 Å². The van der Waals surface area contributed by atoms with Gasteiger partial charge in [0.25, 0.3) is 5.91 Å². The van der Waals surface area contributed by atoms with Crippen LogP contribution in [0.25, 0.3) is 0 Å². The molecule has 5 heteroatoms. The van der Waals surface area contributed by atoms with Gasteiger partial charge in [0.1, 0.15) is 5.01 Å². The fraction of sp³-hybridized carbons (Fsp3) is 0.286. The lowest BCUT2D eigenvalue weighted by Gasteiger charge is -2.06. The first kappa shape index (κ1) is 14.2. The highest BCUT2D eigenvalue weighted by Gasteiger charge is 2.10. The molecule has 0 spiro atoms. The number of nitrogens with one attached hydrogen (secondary N) is 1. The number of amides is 1. The predicted octanol–water partition coefficient (Wildman–Crippen LogP) is 3.71. The third-order valence-electron chi connectivity index (χ3n) is 2.72. The van der Waals surface area contributed by atoms with E-state index in [2.05, 4.69) is 33.2 Å². The van der Waals surface area contributed by atoms with Crippen molar-refractivity contribution in [1.29, 1.82) is 0 Å². The molecule has 1 amide bonds. The van der Waals surface area contributed by atoms with Crippen LogP contribution in [-0.2, 0) is 13.0 Å². The van der Waals surface area contributed by atoms with Gasteiger partial charge in [-0.15, -0.1) is 11.3 Å². The molecule has 2 rings (SSSR count). The van der Waals surface area contributed by atoms with Crippen molar-refractivity contribution in [2.24, 2.45) is 0 Å². The van der Waals surface area contributed by atoms with Gasteiger partial charge in [0.05, 0.1) is 12.1 Å². The van der Waals surface area contributed by atoms with Gasteiger partial charge in [-0.3, -0.25) is 4.79 Å². The van der Waals surface area contributed by atoms with E-state index in [0.717, 1.165) is 21.5 Å². The summed E-state index contributed by atoms with van der Waals surface area (Å²) in [6.07, 6.45) is 2.85. The van der Waals surface area contributed by atoms with Crippen molar-refractivity contribution in [3.05, 3.63) is 49.9 Å². The van der Waals surface area contributed by atoms with Crippen LogP contribution in [0, 0.1) is 6.92 Å². The van der Waals surface area contributed by atoms with Crippen LogP contribution in [0.5, 0.6) is 0 Å². The molecule has 1 N–H and O–H groups in total. The van der Waals surface area contributed by atoms with Gasteiger partial charge in [0, 0.05) is 15.5 Å². The fourth-order valence-corrected chi connectivity index (χ4v) is 3.12. The third kappa shape index (κ3) is 3.64. The lowest BCUT2D eigenvalue weighted by Crippen LogP contribution is -2.23. The quantitative estimate of drug-likeness (QED) is 0.923. The third-order valence-corrected chi connectivity index (χ3v) is 4.52. The number of carbonyl (C=O) groups is 1. The minimum atomic E-state index is -0.0832. The average Bonchev–Trinajstić information content (AvgIpc) is 2.84. The number of nitrogens with zero attached hydrogens (tertiary/aromatic N) is 1. The van der Waals surface area contributed by atoms with E-state index < -0.39 is 0 Å². The van der Waals surface area contributed by atoms with Crippen molar-refractivity contribution in [1.82, 2.24) is 10.3 Å². The zero-order chi connectivity index (χ0) is 13.8. The number of halogens is 1. The van der Waals surface area contributed by atoms with Gasteiger partial charge < -0.3 is 5.32 Å². The zero-order valence-corrected chi connectivity index (χ0v) is 13.3. The minimum absolute atomic E-state index is 0.0832. The second-order valence-corrected chi connectivity index (χ2v) is 6.29. The molecule has 1 aromatic carbocycles. The highest BCUT2D eigenvalue weighted by Crippen LogP contribution is 2.19. The maximum Gasteiger partial charge on any atom is 0.252 e. The van der Waals surface area contributed by atoms with Crippen molar-refractivity contribution in [2.75, 3.05) is 0 Å². The van der Waals surface area contributed by atoms with Crippen LogP contribution in [0.15, 0.2) is 28.9 Å². The first-order chi connectivity index (χ1) is 9.10. The molecule has 1 aromatic heterocycles. The van der Waals surface area contributed by atoms with Crippen LogP contribution in [0.3, 0.4) is 0 Å². The number of carbonyl (C=O) groups excluding carboxylic acids is 1. The predicted molar refractivity (Wildman–Crippen MR) is 81.5 cm³/mol. The molecule has 0 saturated carbocycles. The average molecular weight is 339 g/mol. The molecule has 0 aliphatic heterocycles. The zero-order valence-electron chi connectivity index (χ0n) is 10.9. The second-order valence-electron chi connectivity index (χ2n) is 4.24. The topological polar surface area (TPSA) is 42.0 Å². The first-order valence-corrected chi connectivity index (χ1v) is 7.69. The number of hydrogen-bond acceptors (Lipinski definition) is 3. The van der Waals surface area contributed by atoms with E-state index in [0.29, 0.717) is 12.1 Å². The molecule has 0 radical (unpaired) electrons. The van der Waals surface area contributed by atoms with Crippen LogP contribution in [0.4, 0.5) is 0 Å². The van der Waals surface area contributed by atoms with Gasteiger partial charge >= 0.3 is 0 Å². The molecule has 100 valence electrons. The van der Waals surface area contributed by atoms with Crippen LogP contribution >= 0.6 is 27.3 Å². The molecular weight excluding hydrogens is 324 g/mol. The van der Waals surface area contributed by atoms with Crippen LogP contribution in [0.1, 0.15) is 32.7 Å². The van der Waals surface area contributed by atoms with Crippen molar-refractivity contribution in [3.63, 3.8) is 0 Å². The van der Waals surface area contributed by atoms with Crippen molar-refractivity contribution in [3.8, 4) is 0 Å². The molecule has 19 heavy (non-hydrogen) atoms. The highest BCUT2D eigenvalue weighted by atomic mass is 79.9. The van der Waals surface area contributed by atoms with Crippen LogP contribution < -0.4 is 5.32 Å². The SMILES string of the molecule is CCc1cnc(CNC(=O)c2ccc(C)cc2Br)s1. The maximum atomic E-state index is 12.1. The standard InChI is InChI=1S/C14H15BrN2OS/c1-3-10-7-16-13(19-10)8-17-14(18)11-5-4-9(2)6-12(11)15/h4-7H,3,8H2,1-2H3,(H,17,18). The molecule has 0 fully saturated rings. The van der Waals surface area contributed by atoms with E-state index in [9.17, 15) is 4.79 Å². The molecular formula is C14H15BrN2OS. The van der Waals surface area contributed by atoms with E-state index in [1.54, 1.807) is 11.3 Å². The fourth-order valence-electron chi connectivity index (χ4n) is 1.65. The molecule has 0 unspecified atom stereocenters. The molecule has 0 atom stereocenters. The number of benzene rings is 1. The Labute approximate surface area is 125 Å². The summed E-state index contributed by atoms with van der Waals surface area (Å²) in [6, 6.07) is 5.69. The Hall–Kier alpha value is -1.20. The van der Waals surface area contributed by atoms with E-state index in [-0.39, 0.29) is 5.91 Å². The van der Waals surface area contributed by atoms with Crippen LogP contribution in [0.2, 0.25) is 0 Å².